The summed E-state index contributed by atoms with van der Waals surface area (Å²) in [7, 11) is 0. The van der Waals surface area contributed by atoms with Crippen LogP contribution in [0.5, 0.6) is 0 Å². The van der Waals surface area contributed by atoms with Crippen LogP contribution in [-0.4, -0.2) is 9.13 Å². The largest absolute Gasteiger partial charge is 0.309 e. The van der Waals surface area contributed by atoms with E-state index in [1.54, 1.807) is 0 Å². The average Bonchev–Trinajstić information content (AvgIpc) is 3.79. The van der Waals surface area contributed by atoms with Crippen LogP contribution in [-0.2, 0) is 0 Å². The average molecular weight is 715 g/mol. The SMILES string of the molecule is C1=CCC(c2cc(-c3ccccc3)cc(-n3c4ccccc4c4cc(-c5ccc6c(c5)c5ccccc5n6-c5ccc(-c6ccccc6)cc5)ccc43)c2)C=C1. The summed E-state index contributed by atoms with van der Waals surface area (Å²) < 4.78 is 4.86. The first-order chi connectivity index (χ1) is 27.8. The molecule has 0 N–H and O–H groups in total. The molecule has 10 aromatic rings. The van der Waals surface area contributed by atoms with Crippen molar-refractivity contribution in [1.29, 1.82) is 0 Å². The van der Waals surface area contributed by atoms with Gasteiger partial charge in [-0.3, -0.25) is 0 Å². The number of hydrogen-bond donors (Lipinski definition) is 0. The van der Waals surface area contributed by atoms with Gasteiger partial charge in [0.15, 0.2) is 0 Å². The van der Waals surface area contributed by atoms with E-state index in [1.165, 1.54) is 88.2 Å². The van der Waals surface area contributed by atoms with Crippen molar-refractivity contribution in [2.45, 2.75) is 12.3 Å². The summed E-state index contributed by atoms with van der Waals surface area (Å²) in [5.41, 5.74) is 15.9. The molecule has 0 saturated carbocycles. The molecule has 264 valence electrons. The van der Waals surface area contributed by atoms with Gasteiger partial charge < -0.3 is 9.13 Å². The third kappa shape index (κ3) is 5.41. The molecule has 2 heteroatoms. The lowest BCUT2D eigenvalue weighted by molar-refractivity contribution is 0.852. The second-order valence-electron chi connectivity index (χ2n) is 14.9. The monoisotopic (exact) mass is 714 g/mol. The Labute approximate surface area is 326 Å². The summed E-state index contributed by atoms with van der Waals surface area (Å²) in [4.78, 5) is 0. The van der Waals surface area contributed by atoms with E-state index < -0.39 is 0 Å². The highest BCUT2D eigenvalue weighted by molar-refractivity contribution is 6.12. The second-order valence-corrected chi connectivity index (χ2v) is 14.9. The van der Waals surface area contributed by atoms with Crippen LogP contribution < -0.4 is 0 Å². The van der Waals surface area contributed by atoms with Crippen molar-refractivity contribution in [1.82, 2.24) is 9.13 Å². The highest BCUT2D eigenvalue weighted by Crippen LogP contribution is 2.40. The molecule has 8 aromatic carbocycles. The number of allylic oxidation sites excluding steroid dienone is 4. The van der Waals surface area contributed by atoms with E-state index in [4.69, 9.17) is 0 Å². The van der Waals surface area contributed by atoms with E-state index in [1.807, 2.05) is 0 Å². The molecule has 1 unspecified atom stereocenters. The highest BCUT2D eigenvalue weighted by atomic mass is 15.0. The van der Waals surface area contributed by atoms with E-state index in [0.29, 0.717) is 5.92 Å². The molecule has 0 spiro atoms. The van der Waals surface area contributed by atoms with Crippen LogP contribution in [0.4, 0.5) is 0 Å². The van der Waals surface area contributed by atoms with E-state index in [2.05, 4.69) is 221 Å². The number of fused-ring (bicyclic) bond motifs is 6. The van der Waals surface area contributed by atoms with Crippen LogP contribution in [0.15, 0.2) is 212 Å². The van der Waals surface area contributed by atoms with E-state index in [9.17, 15) is 0 Å². The van der Waals surface area contributed by atoms with Crippen molar-refractivity contribution in [3.8, 4) is 44.8 Å². The van der Waals surface area contributed by atoms with Crippen molar-refractivity contribution >= 4 is 43.6 Å². The van der Waals surface area contributed by atoms with E-state index in [-0.39, 0.29) is 0 Å². The van der Waals surface area contributed by atoms with Crippen LogP contribution in [0.25, 0.3) is 88.4 Å². The number of hydrogen-bond acceptors (Lipinski definition) is 0. The Morgan fingerprint density at radius 1 is 0.339 bits per heavy atom. The molecular formula is C54H38N2. The maximum Gasteiger partial charge on any atom is 0.0541 e. The fourth-order valence-corrected chi connectivity index (χ4v) is 8.90. The van der Waals surface area contributed by atoms with Gasteiger partial charge in [0.05, 0.1) is 22.1 Å². The van der Waals surface area contributed by atoms with Gasteiger partial charge in [-0.15, -0.1) is 0 Å². The minimum atomic E-state index is 0.344. The number of nitrogens with zero attached hydrogens (tertiary/aromatic N) is 2. The van der Waals surface area contributed by atoms with Crippen molar-refractivity contribution in [3.63, 3.8) is 0 Å². The summed E-state index contributed by atoms with van der Waals surface area (Å²) >= 11 is 0. The Balaban J connectivity index is 1.05. The Morgan fingerprint density at radius 3 is 1.43 bits per heavy atom. The van der Waals surface area contributed by atoms with Gasteiger partial charge in [-0.1, -0.05) is 152 Å². The first kappa shape index (κ1) is 32.3. The molecule has 0 fully saturated rings. The lowest BCUT2D eigenvalue weighted by Gasteiger charge is -2.18. The minimum absolute atomic E-state index is 0.344. The molecular weight excluding hydrogens is 677 g/mol. The normalized spacial score (nSPS) is 14.0. The third-order valence-corrected chi connectivity index (χ3v) is 11.6. The van der Waals surface area contributed by atoms with Gasteiger partial charge in [0.2, 0.25) is 0 Å². The lowest BCUT2D eigenvalue weighted by Crippen LogP contribution is -2.01. The van der Waals surface area contributed by atoms with Gasteiger partial charge in [-0.05, 0) is 106 Å². The summed E-state index contributed by atoms with van der Waals surface area (Å²) in [5.74, 6) is 0.344. The van der Waals surface area contributed by atoms with Crippen molar-refractivity contribution < 1.29 is 0 Å². The molecule has 1 atom stereocenters. The van der Waals surface area contributed by atoms with Gasteiger partial charge in [0.25, 0.3) is 0 Å². The number of benzene rings is 8. The molecule has 0 radical (unpaired) electrons. The molecule has 56 heavy (non-hydrogen) atoms. The smallest absolute Gasteiger partial charge is 0.0541 e. The minimum Gasteiger partial charge on any atom is -0.309 e. The van der Waals surface area contributed by atoms with Crippen LogP contribution in [0, 0.1) is 0 Å². The van der Waals surface area contributed by atoms with Gasteiger partial charge in [-0.25, -0.2) is 0 Å². The molecule has 0 saturated heterocycles. The van der Waals surface area contributed by atoms with E-state index >= 15 is 0 Å². The van der Waals surface area contributed by atoms with Crippen LogP contribution in [0.2, 0.25) is 0 Å². The fourth-order valence-electron chi connectivity index (χ4n) is 8.90. The summed E-state index contributed by atoms with van der Waals surface area (Å²) in [6.07, 6.45) is 9.96. The van der Waals surface area contributed by atoms with Gasteiger partial charge in [-0.2, -0.15) is 0 Å². The molecule has 0 aliphatic heterocycles. The predicted octanol–water partition coefficient (Wildman–Crippen LogP) is 14.5. The van der Waals surface area contributed by atoms with Crippen molar-refractivity contribution in [2.75, 3.05) is 0 Å². The topological polar surface area (TPSA) is 9.86 Å². The Bertz CT molecular complexity index is 3140. The molecule has 0 bridgehead atoms. The summed E-state index contributed by atoms with van der Waals surface area (Å²) in [6, 6.07) is 69.1. The maximum absolute atomic E-state index is 2.46. The first-order valence-electron chi connectivity index (χ1n) is 19.5. The fraction of sp³-hybridized carbons (Fsp3) is 0.0370. The molecule has 2 nitrogen and oxygen atoms in total. The molecule has 11 rings (SSSR count). The van der Waals surface area contributed by atoms with Crippen LogP contribution in [0.3, 0.4) is 0 Å². The zero-order chi connectivity index (χ0) is 37.0. The lowest BCUT2D eigenvalue weighted by atomic mass is 9.89. The first-order valence-corrected chi connectivity index (χ1v) is 19.5. The third-order valence-electron chi connectivity index (χ3n) is 11.6. The van der Waals surface area contributed by atoms with Crippen LogP contribution >= 0.6 is 0 Å². The zero-order valence-corrected chi connectivity index (χ0v) is 30.9. The molecule has 2 aromatic heterocycles. The Kier molecular flexibility index (Phi) is 7.67. The second kappa shape index (κ2) is 13.3. The molecule has 1 aliphatic carbocycles. The summed E-state index contributed by atoms with van der Waals surface area (Å²) in [6.45, 7) is 0. The van der Waals surface area contributed by atoms with Gasteiger partial charge >= 0.3 is 0 Å². The number of para-hydroxylation sites is 2. The summed E-state index contributed by atoms with van der Waals surface area (Å²) in [5, 5.41) is 5.02. The van der Waals surface area contributed by atoms with Crippen molar-refractivity contribution in [2.24, 2.45) is 0 Å². The number of rotatable bonds is 6. The maximum atomic E-state index is 2.46. The predicted molar refractivity (Wildman–Crippen MR) is 237 cm³/mol. The molecule has 1 aliphatic rings. The van der Waals surface area contributed by atoms with E-state index in [0.717, 1.165) is 12.1 Å². The standard InChI is InChI=1S/C54H38N2/c1-4-14-37(15-5-1)40-24-28-45(29-25-40)55-51-22-12-10-20-47(51)49-35-41(26-30-53(49)55)42-27-31-54-50(36-42)48-21-11-13-23-52(48)56(54)46-33-43(38-16-6-2-7-17-38)32-44(34-46)39-18-8-3-9-19-39/h1-18,20-36,39H,19H2. The van der Waals surface area contributed by atoms with Gasteiger partial charge in [0, 0.05) is 38.8 Å². The molecule has 0 amide bonds. The van der Waals surface area contributed by atoms with Gasteiger partial charge in [0.1, 0.15) is 0 Å². The number of aromatic nitrogens is 2. The highest BCUT2D eigenvalue weighted by Gasteiger charge is 2.18. The Morgan fingerprint density at radius 2 is 0.839 bits per heavy atom. The van der Waals surface area contributed by atoms with Crippen LogP contribution in [0.1, 0.15) is 17.9 Å². The Hall–Kier alpha value is -7.16. The van der Waals surface area contributed by atoms with Crippen molar-refractivity contribution in [3.05, 3.63) is 218 Å². The quantitative estimate of drug-likeness (QED) is 0.162. The molecule has 2 heterocycles. The zero-order valence-electron chi connectivity index (χ0n) is 30.9.